The van der Waals surface area contributed by atoms with Crippen molar-refractivity contribution in [2.45, 2.75) is 13.5 Å². The molecule has 2 aromatic heterocycles. The van der Waals surface area contributed by atoms with E-state index in [9.17, 15) is 4.79 Å². The van der Waals surface area contributed by atoms with Crippen molar-refractivity contribution in [3.8, 4) is 0 Å². The second-order valence-corrected chi connectivity index (χ2v) is 4.17. The molecule has 0 atom stereocenters. The topological polar surface area (TPSA) is 66.9 Å². The third-order valence-electron chi connectivity index (χ3n) is 2.71. The van der Waals surface area contributed by atoms with Gasteiger partial charge in [0, 0.05) is 25.5 Å². The van der Waals surface area contributed by atoms with Crippen LogP contribution in [0.15, 0.2) is 36.7 Å². The highest BCUT2D eigenvalue weighted by atomic mass is 16.1. The Labute approximate surface area is 112 Å². The molecule has 0 aliphatic heterocycles. The van der Waals surface area contributed by atoms with Crippen LogP contribution in [0.5, 0.6) is 0 Å². The first-order chi connectivity index (χ1) is 9.19. The van der Waals surface area contributed by atoms with Gasteiger partial charge in [0.2, 0.25) is 0 Å². The second-order valence-electron chi connectivity index (χ2n) is 4.17. The largest absolute Gasteiger partial charge is 0.387 e. The van der Waals surface area contributed by atoms with E-state index in [0.717, 1.165) is 16.9 Å². The van der Waals surface area contributed by atoms with Gasteiger partial charge in [0.05, 0.1) is 11.9 Å². The highest BCUT2D eigenvalue weighted by molar-refractivity contribution is 5.92. The van der Waals surface area contributed by atoms with Crippen molar-refractivity contribution in [3.63, 3.8) is 0 Å². The summed E-state index contributed by atoms with van der Waals surface area (Å²) >= 11 is 0. The number of pyridine rings is 2. The lowest BCUT2D eigenvalue weighted by Crippen LogP contribution is -2.23. The Kier molecular flexibility index (Phi) is 4.07. The first kappa shape index (κ1) is 13.0. The fourth-order valence-corrected chi connectivity index (χ4v) is 1.55. The van der Waals surface area contributed by atoms with Crippen molar-refractivity contribution in [2.24, 2.45) is 0 Å². The Morgan fingerprint density at radius 1 is 1.16 bits per heavy atom. The molecule has 2 N–H and O–H groups in total. The minimum Gasteiger partial charge on any atom is -0.387 e. The summed E-state index contributed by atoms with van der Waals surface area (Å²) < 4.78 is 0. The molecule has 0 fully saturated rings. The maximum Gasteiger partial charge on any atom is 0.270 e. The SMILES string of the molecule is CNc1ccc(C(=O)NCc2ccc(C)nc2)nc1. The molecule has 0 saturated heterocycles. The van der Waals surface area contributed by atoms with Crippen LogP contribution in [0.2, 0.25) is 0 Å². The Morgan fingerprint density at radius 2 is 2.00 bits per heavy atom. The Hall–Kier alpha value is -2.43. The summed E-state index contributed by atoms with van der Waals surface area (Å²) in [5, 5.41) is 5.76. The van der Waals surface area contributed by atoms with Crippen LogP contribution < -0.4 is 10.6 Å². The average molecular weight is 256 g/mol. The first-order valence-electron chi connectivity index (χ1n) is 6.02. The van der Waals surface area contributed by atoms with Gasteiger partial charge in [-0.1, -0.05) is 6.07 Å². The smallest absolute Gasteiger partial charge is 0.270 e. The average Bonchev–Trinajstić information content (AvgIpc) is 2.46. The van der Waals surface area contributed by atoms with E-state index in [1.165, 1.54) is 0 Å². The summed E-state index contributed by atoms with van der Waals surface area (Å²) in [6.07, 6.45) is 3.38. The predicted octanol–water partition coefficient (Wildman–Crippen LogP) is 1.76. The quantitative estimate of drug-likeness (QED) is 0.874. The van der Waals surface area contributed by atoms with E-state index < -0.39 is 0 Å². The molecule has 0 radical (unpaired) electrons. The fraction of sp³-hybridized carbons (Fsp3) is 0.214. The number of aryl methyl sites for hydroxylation is 1. The number of aromatic nitrogens is 2. The van der Waals surface area contributed by atoms with Gasteiger partial charge in [0.25, 0.3) is 5.91 Å². The summed E-state index contributed by atoms with van der Waals surface area (Å²) in [5.41, 5.74) is 3.20. The van der Waals surface area contributed by atoms with Gasteiger partial charge >= 0.3 is 0 Å². The Balaban J connectivity index is 1.95. The van der Waals surface area contributed by atoms with Crippen LogP contribution in [0.25, 0.3) is 0 Å². The molecule has 0 unspecified atom stereocenters. The minimum absolute atomic E-state index is 0.191. The Morgan fingerprint density at radius 3 is 2.58 bits per heavy atom. The van der Waals surface area contributed by atoms with E-state index in [2.05, 4.69) is 20.6 Å². The maximum atomic E-state index is 11.9. The summed E-state index contributed by atoms with van der Waals surface area (Å²) in [5.74, 6) is -0.191. The van der Waals surface area contributed by atoms with Gasteiger partial charge in [0.15, 0.2) is 0 Å². The van der Waals surface area contributed by atoms with Gasteiger partial charge in [-0.2, -0.15) is 0 Å². The molecule has 5 nitrogen and oxygen atoms in total. The molecule has 0 bridgehead atoms. The molecule has 2 aromatic rings. The normalized spacial score (nSPS) is 10.0. The molecule has 0 aromatic carbocycles. The molecule has 0 saturated carbocycles. The van der Waals surface area contributed by atoms with Gasteiger partial charge in [-0.25, -0.2) is 4.98 Å². The fourth-order valence-electron chi connectivity index (χ4n) is 1.55. The highest BCUT2D eigenvalue weighted by Gasteiger charge is 2.06. The third-order valence-corrected chi connectivity index (χ3v) is 2.71. The van der Waals surface area contributed by atoms with E-state index in [1.807, 2.05) is 25.1 Å². The minimum atomic E-state index is -0.191. The Bertz CT molecular complexity index is 549. The van der Waals surface area contributed by atoms with Gasteiger partial charge in [-0.15, -0.1) is 0 Å². The monoisotopic (exact) mass is 256 g/mol. The zero-order chi connectivity index (χ0) is 13.7. The summed E-state index contributed by atoms with van der Waals surface area (Å²) in [6.45, 7) is 2.37. The lowest BCUT2D eigenvalue weighted by Gasteiger charge is -2.05. The zero-order valence-electron chi connectivity index (χ0n) is 11.0. The van der Waals surface area contributed by atoms with Crippen LogP contribution in [0, 0.1) is 6.92 Å². The lowest BCUT2D eigenvalue weighted by molar-refractivity contribution is 0.0946. The maximum absolute atomic E-state index is 11.9. The van der Waals surface area contributed by atoms with E-state index in [0.29, 0.717) is 12.2 Å². The van der Waals surface area contributed by atoms with E-state index in [4.69, 9.17) is 0 Å². The van der Waals surface area contributed by atoms with E-state index >= 15 is 0 Å². The second kappa shape index (κ2) is 5.95. The number of nitrogens with zero attached hydrogens (tertiary/aromatic N) is 2. The molecular formula is C14H16N4O. The van der Waals surface area contributed by atoms with Crippen molar-refractivity contribution in [1.29, 1.82) is 0 Å². The van der Waals surface area contributed by atoms with Crippen LogP contribution in [-0.2, 0) is 6.54 Å². The number of nitrogens with one attached hydrogen (secondary N) is 2. The van der Waals surface area contributed by atoms with Crippen LogP contribution in [0.3, 0.4) is 0 Å². The van der Waals surface area contributed by atoms with Gasteiger partial charge in [0.1, 0.15) is 5.69 Å². The molecule has 0 spiro atoms. The van der Waals surface area contributed by atoms with Crippen molar-refractivity contribution in [3.05, 3.63) is 53.6 Å². The number of hydrogen-bond acceptors (Lipinski definition) is 4. The number of carbonyl (C=O) groups is 1. The molecule has 0 aliphatic carbocycles. The van der Waals surface area contributed by atoms with Crippen LogP contribution in [0.4, 0.5) is 5.69 Å². The standard InChI is InChI=1S/C14H16N4O/c1-10-3-4-11(7-16-10)8-18-14(19)13-6-5-12(15-2)9-17-13/h3-7,9,15H,8H2,1-2H3,(H,18,19). The molecule has 0 aliphatic rings. The first-order valence-corrected chi connectivity index (χ1v) is 6.02. The zero-order valence-corrected chi connectivity index (χ0v) is 11.0. The predicted molar refractivity (Wildman–Crippen MR) is 73.9 cm³/mol. The molecule has 5 heteroatoms. The number of amides is 1. The van der Waals surface area contributed by atoms with Crippen molar-refractivity contribution < 1.29 is 4.79 Å². The molecule has 2 heterocycles. The van der Waals surface area contributed by atoms with E-state index in [1.54, 1.807) is 25.5 Å². The molecule has 98 valence electrons. The third kappa shape index (κ3) is 3.51. The summed E-state index contributed by atoms with van der Waals surface area (Å²) in [4.78, 5) is 20.1. The molecule has 1 amide bonds. The van der Waals surface area contributed by atoms with Crippen molar-refractivity contribution in [2.75, 3.05) is 12.4 Å². The molecule has 19 heavy (non-hydrogen) atoms. The van der Waals surface area contributed by atoms with E-state index in [-0.39, 0.29) is 5.91 Å². The van der Waals surface area contributed by atoms with Gasteiger partial charge in [-0.3, -0.25) is 9.78 Å². The van der Waals surface area contributed by atoms with Crippen molar-refractivity contribution in [1.82, 2.24) is 15.3 Å². The number of carbonyl (C=O) groups excluding carboxylic acids is 1. The number of rotatable bonds is 4. The highest BCUT2D eigenvalue weighted by Crippen LogP contribution is 2.05. The van der Waals surface area contributed by atoms with Gasteiger partial charge < -0.3 is 10.6 Å². The van der Waals surface area contributed by atoms with Crippen LogP contribution in [-0.4, -0.2) is 22.9 Å². The summed E-state index contributed by atoms with van der Waals surface area (Å²) in [7, 11) is 1.81. The number of hydrogen-bond donors (Lipinski definition) is 2. The molecule has 2 rings (SSSR count). The van der Waals surface area contributed by atoms with Crippen LogP contribution in [0.1, 0.15) is 21.7 Å². The van der Waals surface area contributed by atoms with Gasteiger partial charge in [-0.05, 0) is 30.7 Å². The molecular weight excluding hydrogens is 240 g/mol. The van der Waals surface area contributed by atoms with Crippen LogP contribution >= 0.6 is 0 Å². The summed E-state index contributed by atoms with van der Waals surface area (Å²) in [6, 6.07) is 7.37. The van der Waals surface area contributed by atoms with Crippen molar-refractivity contribution >= 4 is 11.6 Å². The lowest BCUT2D eigenvalue weighted by atomic mass is 10.2. The number of anilines is 1.